The lowest BCUT2D eigenvalue weighted by Gasteiger charge is -2.38. The van der Waals surface area contributed by atoms with Gasteiger partial charge in [-0.15, -0.1) is 0 Å². The van der Waals surface area contributed by atoms with Crippen LogP contribution in [0.25, 0.3) is 22.0 Å². The first-order valence-electron chi connectivity index (χ1n) is 17.7. The second-order valence-electron chi connectivity index (χ2n) is 14.8. The number of ether oxygens (including phenoxy) is 3. The monoisotopic (exact) mass is 709 g/mol. The average molecular weight is 710 g/mol. The number of esters is 1. The Morgan fingerprint density at radius 2 is 1.66 bits per heavy atom. The lowest BCUT2D eigenvalue weighted by Crippen LogP contribution is -2.51. The van der Waals surface area contributed by atoms with Crippen LogP contribution in [0, 0.1) is 11.8 Å². The number of H-pyrrole nitrogens is 1. The van der Waals surface area contributed by atoms with Crippen molar-refractivity contribution in [2.24, 2.45) is 11.8 Å². The number of hydrogen-bond donors (Lipinski definition) is 2. The summed E-state index contributed by atoms with van der Waals surface area (Å²) in [5.74, 6) is 1.14. The van der Waals surface area contributed by atoms with Crippen molar-refractivity contribution in [3.05, 3.63) is 53.2 Å². The first-order chi connectivity index (χ1) is 23.8. The van der Waals surface area contributed by atoms with Crippen LogP contribution in [0.3, 0.4) is 0 Å². The fraction of sp³-hybridized carbons (Fsp3) is 0.553. The molecule has 272 valence electrons. The summed E-state index contributed by atoms with van der Waals surface area (Å²) in [5, 5.41) is 4.29. The Morgan fingerprint density at radius 1 is 0.980 bits per heavy atom. The molecule has 50 heavy (non-hydrogen) atoms. The third-order valence-corrected chi connectivity index (χ3v) is 9.32. The van der Waals surface area contributed by atoms with Crippen LogP contribution in [-0.4, -0.2) is 115 Å². The third-order valence-electron chi connectivity index (χ3n) is 9.01. The van der Waals surface area contributed by atoms with E-state index in [0.717, 1.165) is 80.7 Å². The molecule has 0 saturated carbocycles. The molecular weight excluding hydrogens is 658 g/mol. The topological polar surface area (TPSA) is 116 Å². The zero-order valence-electron chi connectivity index (χ0n) is 30.1. The molecule has 0 radical (unpaired) electrons. The third kappa shape index (κ3) is 10.6. The number of aromatic nitrogens is 1. The highest BCUT2D eigenvalue weighted by atomic mass is 35.5. The van der Waals surface area contributed by atoms with E-state index in [1.807, 2.05) is 75.9 Å². The van der Waals surface area contributed by atoms with Gasteiger partial charge in [0.25, 0.3) is 0 Å². The summed E-state index contributed by atoms with van der Waals surface area (Å²) < 4.78 is 16.8. The van der Waals surface area contributed by atoms with Crippen molar-refractivity contribution in [3.63, 3.8) is 0 Å². The van der Waals surface area contributed by atoms with Crippen LogP contribution in [0.1, 0.15) is 57.8 Å². The zero-order valence-corrected chi connectivity index (χ0v) is 30.8. The molecule has 2 fully saturated rings. The van der Waals surface area contributed by atoms with Gasteiger partial charge >= 0.3 is 12.1 Å². The van der Waals surface area contributed by atoms with Crippen LogP contribution < -0.4 is 10.1 Å². The predicted octanol–water partition coefficient (Wildman–Crippen LogP) is 6.06. The van der Waals surface area contributed by atoms with E-state index in [9.17, 15) is 14.4 Å². The fourth-order valence-corrected chi connectivity index (χ4v) is 6.59. The molecule has 3 aromatic rings. The fourth-order valence-electron chi connectivity index (χ4n) is 6.32. The molecule has 12 heteroatoms. The van der Waals surface area contributed by atoms with Crippen LogP contribution in [0.4, 0.5) is 4.79 Å². The van der Waals surface area contributed by atoms with E-state index in [2.05, 4.69) is 20.1 Å². The number of carbonyl (C=O) groups excluding carboxylic acids is 3. The van der Waals surface area contributed by atoms with Crippen molar-refractivity contribution >= 4 is 40.5 Å². The number of nitrogens with one attached hydrogen (secondary N) is 2. The number of carbonyl (C=O) groups is 3. The molecule has 0 spiro atoms. The smallest absolute Gasteiger partial charge is 0.410 e. The van der Waals surface area contributed by atoms with Crippen molar-refractivity contribution < 1.29 is 28.6 Å². The Balaban J connectivity index is 0.991. The first-order valence-corrected chi connectivity index (χ1v) is 18.1. The Bertz CT molecular complexity index is 1600. The number of rotatable bonds is 12. The second kappa shape index (κ2) is 16.9. The molecule has 0 bridgehead atoms. The Hall–Kier alpha value is -3.80. The van der Waals surface area contributed by atoms with Crippen molar-refractivity contribution in [1.82, 2.24) is 25.0 Å². The maximum atomic E-state index is 12.7. The number of fused-ring (bicyclic) bond motifs is 1. The van der Waals surface area contributed by atoms with Crippen molar-refractivity contribution in [1.29, 1.82) is 0 Å². The number of halogens is 1. The highest BCUT2D eigenvalue weighted by Gasteiger charge is 2.29. The normalized spacial score (nSPS) is 16.5. The molecule has 2 aromatic carbocycles. The summed E-state index contributed by atoms with van der Waals surface area (Å²) in [6.07, 6.45) is 3.43. The van der Waals surface area contributed by atoms with Crippen LogP contribution >= 0.6 is 11.6 Å². The molecule has 5 rings (SSSR count). The molecule has 0 unspecified atom stereocenters. The van der Waals surface area contributed by atoms with Crippen LogP contribution in [0.2, 0.25) is 5.02 Å². The Labute approximate surface area is 300 Å². The van der Waals surface area contributed by atoms with E-state index in [1.165, 1.54) is 0 Å². The first kappa shape index (κ1) is 37.5. The molecule has 0 aliphatic carbocycles. The molecule has 2 amide bonds. The number of benzene rings is 2. The van der Waals surface area contributed by atoms with Gasteiger partial charge in [0, 0.05) is 68.5 Å². The SMILES string of the molecule is CC(C)COC(=O)c1c[nH]c2cc(Cl)c(-c3ccc(OCCNC(=O)CN4CCN(CC5CCN(C(=O)OC(C)(C)C)CC5)CC4)cc3)cc12. The predicted molar refractivity (Wildman–Crippen MR) is 196 cm³/mol. The minimum Gasteiger partial charge on any atom is -0.492 e. The molecule has 11 nitrogen and oxygen atoms in total. The lowest BCUT2D eigenvalue weighted by molar-refractivity contribution is -0.122. The number of nitrogens with zero attached hydrogens (tertiary/aromatic N) is 3. The molecule has 0 atom stereocenters. The van der Waals surface area contributed by atoms with Gasteiger partial charge in [-0.25, -0.2) is 9.59 Å². The van der Waals surface area contributed by atoms with Crippen molar-refractivity contribution in [2.75, 3.05) is 72.1 Å². The Morgan fingerprint density at radius 3 is 2.32 bits per heavy atom. The van der Waals surface area contributed by atoms with Gasteiger partial charge in [0.1, 0.15) is 18.0 Å². The summed E-state index contributed by atoms with van der Waals surface area (Å²) in [5.41, 5.74) is 2.47. The number of piperazine rings is 1. The van der Waals surface area contributed by atoms with E-state index < -0.39 is 5.60 Å². The maximum absolute atomic E-state index is 12.7. The largest absolute Gasteiger partial charge is 0.492 e. The van der Waals surface area contributed by atoms with Gasteiger partial charge in [-0.1, -0.05) is 37.6 Å². The van der Waals surface area contributed by atoms with E-state index in [4.69, 9.17) is 25.8 Å². The Kier molecular flexibility index (Phi) is 12.7. The summed E-state index contributed by atoms with van der Waals surface area (Å²) >= 11 is 6.62. The minimum absolute atomic E-state index is 0.00541. The zero-order chi connectivity index (χ0) is 35.8. The summed E-state index contributed by atoms with van der Waals surface area (Å²) in [6, 6.07) is 11.3. The second-order valence-corrected chi connectivity index (χ2v) is 15.2. The summed E-state index contributed by atoms with van der Waals surface area (Å²) in [4.78, 5) is 47.3. The molecule has 2 saturated heterocycles. The quantitative estimate of drug-likeness (QED) is 0.172. The van der Waals surface area contributed by atoms with Gasteiger partial charge in [0.05, 0.1) is 30.3 Å². The van der Waals surface area contributed by atoms with Crippen molar-refractivity contribution in [3.8, 4) is 16.9 Å². The average Bonchev–Trinajstić information content (AvgIpc) is 3.48. The number of hydrogen-bond acceptors (Lipinski definition) is 8. The molecule has 2 aliphatic rings. The van der Waals surface area contributed by atoms with Gasteiger partial charge in [-0.05, 0) is 75.3 Å². The highest BCUT2D eigenvalue weighted by molar-refractivity contribution is 6.34. The van der Waals surface area contributed by atoms with E-state index in [0.29, 0.717) is 48.6 Å². The molecule has 3 heterocycles. The van der Waals surface area contributed by atoms with Crippen LogP contribution in [0.5, 0.6) is 5.75 Å². The molecule has 2 aliphatic heterocycles. The van der Waals surface area contributed by atoms with Gasteiger partial charge in [-0.3, -0.25) is 9.69 Å². The molecule has 2 N–H and O–H groups in total. The number of piperidine rings is 1. The summed E-state index contributed by atoms with van der Waals surface area (Å²) in [6.45, 7) is 17.3. The van der Waals surface area contributed by atoms with Gasteiger partial charge in [0.15, 0.2) is 0 Å². The van der Waals surface area contributed by atoms with Gasteiger partial charge < -0.3 is 34.3 Å². The van der Waals surface area contributed by atoms with E-state index in [-0.39, 0.29) is 23.9 Å². The van der Waals surface area contributed by atoms with Crippen molar-refractivity contribution in [2.45, 2.75) is 53.1 Å². The van der Waals surface area contributed by atoms with E-state index >= 15 is 0 Å². The standard InChI is InChI=1S/C38H52ClN5O6/c1-26(2)25-49-36(46)32-22-41-34-21-33(39)30(20-31(32)34)28-6-8-29(9-7-28)48-19-12-40-35(45)24-43-17-15-42(16-18-43)23-27-10-13-44(14-11-27)37(47)50-38(3,4)5/h6-9,20-22,26-27,41H,10-19,23-25H2,1-5H3,(H,40,45). The maximum Gasteiger partial charge on any atom is 0.410 e. The van der Waals surface area contributed by atoms with Crippen LogP contribution in [0.15, 0.2) is 42.6 Å². The number of amides is 2. The van der Waals surface area contributed by atoms with Gasteiger partial charge in [0.2, 0.25) is 5.91 Å². The summed E-state index contributed by atoms with van der Waals surface area (Å²) in [7, 11) is 0. The van der Waals surface area contributed by atoms with Gasteiger partial charge in [-0.2, -0.15) is 0 Å². The number of likely N-dealkylation sites (tertiary alicyclic amines) is 1. The minimum atomic E-state index is -0.469. The van der Waals surface area contributed by atoms with E-state index in [1.54, 1.807) is 6.20 Å². The molecule has 1 aromatic heterocycles. The lowest BCUT2D eigenvalue weighted by atomic mass is 9.96. The molecular formula is C38H52ClN5O6. The highest BCUT2D eigenvalue weighted by Crippen LogP contribution is 2.34. The van der Waals surface area contributed by atoms with Crippen LogP contribution in [-0.2, 0) is 14.3 Å². The number of aromatic amines is 1.